The van der Waals surface area contributed by atoms with Gasteiger partial charge in [0.15, 0.2) is 23.3 Å². The summed E-state index contributed by atoms with van der Waals surface area (Å²) < 4.78 is 67.1. The first-order valence-electron chi connectivity index (χ1n) is 11.8. The number of carbonyl (C=O) groups excluding carboxylic acids is 1. The summed E-state index contributed by atoms with van der Waals surface area (Å²) in [5, 5.41) is 41.5. The van der Waals surface area contributed by atoms with Crippen molar-refractivity contribution < 1.29 is 51.3 Å². The number of hydrogen-bond acceptors (Lipinski definition) is 13. The zero-order chi connectivity index (χ0) is 29.0. The number of nitrogens with two attached hydrogens (primary N) is 1. The SMILES string of the molecule is Nc1ncnc2c1ncn2[C@@H]1O[C@H](COS(=O)(=O)NC(=O)CC[C@]2(O)c3ccccc3[C@@H](O)C2(F)F)[C@@H](O)[C@H]1O. The van der Waals surface area contributed by atoms with Crippen LogP contribution in [0.25, 0.3) is 11.2 Å². The Bertz CT molecular complexity index is 1560. The van der Waals surface area contributed by atoms with Gasteiger partial charge in [0, 0.05) is 6.42 Å². The second kappa shape index (κ2) is 9.91. The molecular formula is C22H24F2N6O9S. The Balaban J connectivity index is 1.20. The van der Waals surface area contributed by atoms with Crippen molar-refractivity contribution in [3.8, 4) is 0 Å². The van der Waals surface area contributed by atoms with Gasteiger partial charge in [0.2, 0.25) is 5.91 Å². The van der Waals surface area contributed by atoms with Gasteiger partial charge in [-0.3, -0.25) is 13.5 Å². The Labute approximate surface area is 224 Å². The summed E-state index contributed by atoms with van der Waals surface area (Å²) in [6, 6.07) is 5.16. The molecule has 2 aromatic heterocycles. The molecule has 1 fully saturated rings. The van der Waals surface area contributed by atoms with Crippen LogP contribution >= 0.6 is 0 Å². The van der Waals surface area contributed by atoms with Crippen LogP contribution in [0.5, 0.6) is 0 Å². The maximum atomic E-state index is 14.7. The fourth-order valence-electron chi connectivity index (χ4n) is 4.84. The summed E-state index contributed by atoms with van der Waals surface area (Å²) in [6.45, 7) is -0.845. The van der Waals surface area contributed by atoms with E-state index < -0.39 is 77.8 Å². The van der Waals surface area contributed by atoms with Crippen molar-refractivity contribution >= 4 is 33.2 Å². The van der Waals surface area contributed by atoms with Crippen LogP contribution < -0.4 is 10.5 Å². The fourth-order valence-corrected chi connectivity index (χ4v) is 5.59. The van der Waals surface area contributed by atoms with Crippen LogP contribution in [0.1, 0.15) is 36.3 Å². The van der Waals surface area contributed by atoms with Crippen LogP contribution in [0.3, 0.4) is 0 Å². The number of alkyl halides is 2. The average molecular weight is 587 g/mol. The second-order valence-electron chi connectivity index (χ2n) is 9.37. The lowest BCUT2D eigenvalue weighted by molar-refractivity contribution is -0.226. The van der Waals surface area contributed by atoms with Crippen LogP contribution in [-0.2, 0) is 29.6 Å². The number of benzene rings is 1. The van der Waals surface area contributed by atoms with E-state index >= 15 is 0 Å². The Morgan fingerprint density at radius 3 is 2.65 bits per heavy atom. The van der Waals surface area contributed by atoms with Crippen molar-refractivity contribution in [3.63, 3.8) is 0 Å². The second-order valence-corrected chi connectivity index (χ2v) is 10.7. The smallest absolute Gasteiger partial charge is 0.362 e. The van der Waals surface area contributed by atoms with E-state index in [0.717, 1.165) is 6.33 Å². The van der Waals surface area contributed by atoms with Crippen LogP contribution in [0.2, 0.25) is 0 Å². The number of ether oxygens (including phenoxy) is 1. The number of imidazole rings is 1. The Hall–Kier alpha value is -3.39. The quantitative estimate of drug-likeness (QED) is 0.181. The van der Waals surface area contributed by atoms with Gasteiger partial charge in [0.1, 0.15) is 36.3 Å². The molecule has 216 valence electrons. The summed E-state index contributed by atoms with van der Waals surface area (Å²) >= 11 is 0. The minimum atomic E-state index is -4.83. The zero-order valence-corrected chi connectivity index (χ0v) is 21.1. The number of aromatic nitrogens is 4. The maximum Gasteiger partial charge on any atom is 0.362 e. The molecule has 0 bridgehead atoms. The van der Waals surface area contributed by atoms with Gasteiger partial charge in [0.05, 0.1) is 12.9 Å². The summed E-state index contributed by atoms with van der Waals surface area (Å²) in [5.41, 5.74) is 2.70. The number of anilines is 1. The molecule has 3 heterocycles. The first kappa shape index (κ1) is 28.1. The van der Waals surface area contributed by atoms with Gasteiger partial charge in [0.25, 0.3) is 0 Å². The van der Waals surface area contributed by atoms with Crippen LogP contribution in [-0.4, -0.2) is 85.1 Å². The van der Waals surface area contributed by atoms with Crippen molar-refractivity contribution in [2.24, 2.45) is 0 Å². The summed E-state index contributed by atoms with van der Waals surface area (Å²) in [6.07, 6.45) is -7.56. The number of rotatable bonds is 8. The van der Waals surface area contributed by atoms with Crippen LogP contribution in [0, 0.1) is 0 Å². The molecule has 1 amide bonds. The highest BCUT2D eigenvalue weighted by molar-refractivity contribution is 7.85. The minimum absolute atomic E-state index is 0.0580. The normalized spacial score (nSPS) is 29.5. The molecule has 1 aliphatic carbocycles. The van der Waals surface area contributed by atoms with Gasteiger partial charge in [-0.15, -0.1) is 0 Å². The molecule has 0 radical (unpaired) electrons. The number of nitrogens with one attached hydrogen (secondary N) is 1. The summed E-state index contributed by atoms with van der Waals surface area (Å²) in [4.78, 5) is 24.1. The third-order valence-electron chi connectivity index (χ3n) is 6.93. The number of aliphatic hydroxyl groups is 4. The van der Waals surface area contributed by atoms with Gasteiger partial charge in [-0.1, -0.05) is 24.3 Å². The van der Waals surface area contributed by atoms with E-state index in [9.17, 15) is 42.4 Å². The van der Waals surface area contributed by atoms with Crippen LogP contribution in [0.15, 0.2) is 36.9 Å². The number of halogens is 2. The van der Waals surface area contributed by atoms with Gasteiger partial charge in [-0.25, -0.2) is 19.7 Å². The number of hydrogen-bond donors (Lipinski definition) is 6. The molecule has 1 saturated heterocycles. The van der Waals surface area contributed by atoms with E-state index in [0.29, 0.717) is 0 Å². The molecular weight excluding hydrogens is 562 g/mol. The van der Waals surface area contributed by atoms with E-state index in [-0.39, 0.29) is 28.1 Å². The standard InChI is InChI=1S/C22H24F2N6O9S/c23-22(24)17(34)10-3-1-2-4-11(10)21(22,35)6-5-13(31)29-40(36,37)38-7-12-15(32)16(33)20(39-12)30-9-28-14-18(25)26-8-27-19(14)30/h1-4,8-9,12,15-17,20,32-35H,5-7H2,(H,29,31)(H2,25,26,27)/t12-,15-,16-,17-,20-,21+/m1/s1. The third-order valence-corrected chi connectivity index (χ3v) is 7.86. The van der Waals surface area contributed by atoms with Crippen molar-refractivity contribution in [3.05, 3.63) is 48.0 Å². The van der Waals surface area contributed by atoms with Crippen molar-refractivity contribution in [2.45, 2.75) is 55.0 Å². The molecule has 3 aromatic rings. The Morgan fingerprint density at radius 1 is 1.18 bits per heavy atom. The van der Waals surface area contributed by atoms with Crippen molar-refractivity contribution in [1.29, 1.82) is 0 Å². The monoisotopic (exact) mass is 586 g/mol. The van der Waals surface area contributed by atoms with Crippen molar-refractivity contribution in [1.82, 2.24) is 24.2 Å². The molecule has 0 unspecified atom stereocenters. The number of aliphatic hydroxyl groups excluding tert-OH is 3. The molecule has 18 heteroatoms. The molecule has 2 aliphatic rings. The maximum absolute atomic E-state index is 14.7. The van der Waals surface area contributed by atoms with E-state index in [1.807, 2.05) is 0 Å². The number of nitrogens with zero attached hydrogens (tertiary/aromatic N) is 4. The molecule has 1 aliphatic heterocycles. The molecule has 5 rings (SSSR count). The number of nitrogen functional groups attached to an aromatic ring is 1. The fraction of sp³-hybridized carbons (Fsp3) is 0.455. The number of fused-ring (bicyclic) bond motifs is 2. The van der Waals surface area contributed by atoms with Gasteiger partial charge in [-0.05, 0) is 17.5 Å². The summed E-state index contributed by atoms with van der Waals surface area (Å²) in [7, 11) is -4.83. The predicted octanol–water partition coefficient (Wildman–Crippen LogP) is -1.24. The van der Waals surface area contributed by atoms with Gasteiger partial charge < -0.3 is 30.9 Å². The molecule has 7 N–H and O–H groups in total. The Kier molecular flexibility index (Phi) is 6.97. The van der Waals surface area contributed by atoms with E-state index in [2.05, 4.69) is 15.0 Å². The molecule has 1 aromatic carbocycles. The lowest BCUT2D eigenvalue weighted by atomic mass is 9.88. The van der Waals surface area contributed by atoms with E-state index in [1.165, 1.54) is 39.9 Å². The predicted molar refractivity (Wildman–Crippen MR) is 128 cm³/mol. The van der Waals surface area contributed by atoms with Gasteiger partial charge >= 0.3 is 16.2 Å². The highest BCUT2D eigenvalue weighted by atomic mass is 32.2. The molecule has 15 nitrogen and oxygen atoms in total. The average Bonchev–Trinajstić information content (AvgIpc) is 3.50. The lowest BCUT2D eigenvalue weighted by Crippen LogP contribution is -2.45. The molecule has 40 heavy (non-hydrogen) atoms. The molecule has 0 spiro atoms. The summed E-state index contributed by atoms with van der Waals surface area (Å²) in [5.74, 6) is -5.27. The lowest BCUT2D eigenvalue weighted by Gasteiger charge is -2.31. The highest BCUT2D eigenvalue weighted by Gasteiger charge is 2.64. The largest absolute Gasteiger partial charge is 0.387 e. The van der Waals surface area contributed by atoms with Gasteiger partial charge in [-0.2, -0.15) is 17.2 Å². The minimum Gasteiger partial charge on any atom is -0.387 e. The topological polar surface area (TPSA) is 232 Å². The Morgan fingerprint density at radius 2 is 1.90 bits per heavy atom. The first-order chi connectivity index (χ1) is 18.8. The highest BCUT2D eigenvalue weighted by Crippen LogP contribution is 2.56. The third kappa shape index (κ3) is 4.56. The molecule has 6 atom stereocenters. The number of carbonyl (C=O) groups is 1. The van der Waals surface area contributed by atoms with E-state index in [1.54, 1.807) is 0 Å². The first-order valence-corrected chi connectivity index (χ1v) is 13.2. The molecule has 0 saturated carbocycles. The van der Waals surface area contributed by atoms with Crippen molar-refractivity contribution in [2.75, 3.05) is 12.3 Å². The van der Waals surface area contributed by atoms with Crippen LogP contribution in [0.4, 0.5) is 14.6 Å². The zero-order valence-electron chi connectivity index (χ0n) is 20.3. The number of amides is 1. The van der Waals surface area contributed by atoms with E-state index in [4.69, 9.17) is 14.7 Å².